The van der Waals surface area contributed by atoms with E-state index in [1.807, 2.05) is 30.9 Å². The minimum atomic E-state index is -0.199. The number of aryl methyl sites for hydroxylation is 2. The minimum Gasteiger partial charge on any atom is -0.491 e. The molecule has 0 saturated heterocycles. The molecule has 2 aromatic carbocycles. The quantitative estimate of drug-likeness (QED) is 0.422. The zero-order chi connectivity index (χ0) is 24.2. The number of nitrogens with zero attached hydrogens (tertiary/aromatic N) is 2. The standard InChI is InChI=1S/C27H29ClN2O3S/c1-4-29(27(32)20-6-5-7-21(28)15-20)16-26(31)30-12-10-25-22(11-13-34-25)23(30)17-33-24-9-8-18(2)14-19(24)3/h5-9,11,13-15,23H,4,10,12,16-17H2,1-3H3/t23-/m0/s1. The first kappa shape index (κ1) is 24.3. The molecule has 3 aromatic rings. The normalized spacial score (nSPS) is 15.1. The van der Waals surface area contributed by atoms with Gasteiger partial charge in [0, 0.05) is 28.6 Å². The van der Waals surface area contributed by atoms with Gasteiger partial charge in [0.1, 0.15) is 18.9 Å². The third kappa shape index (κ3) is 5.29. The van der Waals surface area contributed by atoms with Crippen molar-refractivity contribution in [3.05, 3.63) is 86.1 Å². The second kappa shape index (κ2) is 10.6. The van der Waals surface area contributed by atoms with E-state index >= 15 is 0 Å². The van der Waals surface area contributed by atoms with Gasteiger partial charge in [0.2, 0.25) is 5.91 Å². The molecule has 0 fully saturated rings. The number of rotatable bonds is 7. The van der Waals surface area contributed by atoms with Gasteiger partial charge in [0.15, 0.2) is 0 Å². The Labute approximate surface area is 209 Å². The maximum atomic E-state index is 13.5. The summed E-state index contributed by atoms with van der Waals surface area (Å²) in [6.07, 6.45) is 0.813. The number of hydrogen-bond donors (Lipinski definition) is 0. The summed E-state index contributed by atoms with van der Waals surface area (Å²) in [7, 11) is 0. The molecule has 4 rings (SSSR count). The fourth-order valence-electron chi connectivity index (χ4n) is 4.39. The molecule has 0 bridgehead atoms. The van der Waals surface area contributed by atoms with Gasteiger partial charge in [0.25, 0.3) is 5.91 Å². The average molecular weight is 497 g/mol. The van der Waals surface area contributed by atoms with Crippen LogP contribution >= 0.6 is 22.9 Å². The van der Waals surface area contributed by atoms with E-state index in [0.717, 1.165) is 23.3 Å². The van der Waals surface area contributed by atoms with Gasteiger partial charge in [-0.05, 0) is 74.0 Å². The van der Waals surface area contributed by atoms with Crippen LogP contribution in [0.15, 0.2) is 53.9 Å². The molecular formula is C27H29ClN2O3S. The van der Waals surface area contributed by atoms with Gasteiger partial charge in [-0.2, -0.15) is 0 Å². The van der Waals surface area contributed by atoms with E-state index < -0.39 is 0 Å². The first-order valence-electron chi connectivity index (χ1n) is 11.5. The second-order valence-corrected chi connectivity index (χ2v) is 10.00. The highest BCUT2D eigenvalue weighted by Gasteiger charge is 2.33. The molecule has 0 saturated carbocycles. The van der Waals surface area contributed by atoms with Crippen molar-refractivity contribution in [1.29, 1.82) is 0 Å². The topological polar surface area (TPSA) is 49.9 Å². The Kier molecular flexibility index (Phi) is 7.59. The molecule has 1 aliphatic heterocycles. The van der Waals surface area contributed by atoms with Crippen molar-refractivity contribution >= 4 is 34.8 Å². The lowest BCUT2D eigenvalue weighted by Crippen LogP contribution is -2.47. The van der Waals surface area contributed by atoms with Gasteiger partial charge < -0.3 is 14.5 Å². The summed E-state index contributed by atoms with van der Waals surface area (Å²) in [5.74, 6) is 0.546. The van der Waals surface area contributed by atoms with Crippen molar-refractivity contribution in [1.82, 2.24) is 9.80 Å². The predicted molar refractivity (Wildman–Crippen MR) is 137 cm³/mol. The maximum Gasteiger partial charge on any atom is 0.254 e. The van der Waals surface area contributed by atoms with Crippen LogP contribution in [0.4, 0.5) is 0 Å². The molecule has 0 N–H and O–H groups in total. The molecule has 34 heavy (non-hydrogen) atoms. The number of fused-ring (bicyclic) bond motifs is 1. The number of hydrogen-bond acceptors (Lipinski definition) is 4. The van der Waals surface area contributed by atoms with E-state index in [0.29, 0.717) is 30.3 Å². The number of amides is 2. The average Bonchev–Trinajstić information content (AvgIpc) is 3.30. The Morgan fingerprint density at radius 1 is 1.18 bits per heavy atom. The zero-order valence-corrected chi connectivity index (χ0v) is 21.3. The largest absolute Gasteiger partial charge is 0.491 e. The van der Waals surface area contributed by atoms with Crippen LogP contribution in [0.2, 0.25) is 5.02 Å². The van der Waals surface area contributed by atoms with Crippen molar-refractivity contribution in [3.63, 3.8) is 0 Å². The van der Waals surface area contributed by atoms with Gasteiger partial charge in [-0.25, -0.2) is 0 Å². The summed E-state index contributed by atoms with van der Waals surface area (Å²) in [5.41, 5.74) is 3.88. The fourth-order valence-corrected chi connectivity index (χ4v) is 5.51. The van der Waals surface area contributed by atoms with Crippen LogP contribution in [-0.4, -0.2) is 47.9 Å². The van der Waals surface area contributed by atoms with Crippen molar-refractivity contribution in [2.24, 2.45) is 0 Å². The van der Waals surface area contributed by atoms with Crippen LogP contribution in [0.3, 0.4) is 0 Å². The maximum absolute atomic E-state index is 13.5. The number of thiophene rings is 1. The number of carbonyl (C=O) groups excluding carboxylic acids is 2. The smallest absolute Gasteiger partial charge is 0.254 e. The predicted octanol–water partition coefficient (Wildman–Crippen LogP) is 5.69. The Balaban J connectivity index is 1.52. The number of likely N-dealkylation sites (N-methyl/N-ethyl adjacent to an activating group) is 1. The summed E-state index contributed by atoms with van der Waals surface area (Å²) in [6, 6.07) is 14.8. The summed E-state index contributed by atoms with van der Waals surface area (Å²) in [4.78, 5) is 31.3. The highest BCUT2D eigenvalue weighted by molar-refractivity contribution is 7.10. The Morgan fingerprint density at radius 3 is 2.74 bits per heavy atom. The molecule has 1 atom stereocenters. The number of carbonyl (C=O) groups is 2. The summed E-state index contributed by atoms with van der Waals surface area (Å²) in [5, 5.41) is 2.57. The third-order valence-corrected chi connectivity index (χ3v) is 7.44. The lowest BCUT2D eigenvalue weighted by atomic mass is 10.00. The highest BCUT2D eigenvalue weighted by atomic mass is 35.5. The first-order chi connectivity index (χ1) is 16.4. The Morgan fingerprint density at radius 2 is 2.00 bits per heavy atom. The van der Waals surface area contributed by atoms with Gasteiger partial charge in [0.05, 0.1) is 6.04 Å². The molecule has 178 valence electrons. The van der Waals surface area contributed by atoms with Crippen LogP contribution in [-0.2, 0) is 11.2 Å². The Bertz CT molecular complexity index is 1190. The molecular weight excluding hydrogens is 468 g/mol. The van der Waals surface area contributed by atoms with E-state index in [2.05, 4.69) is 24.4 Å². The van der Waals surface area contributed by atoms with Crippen molar-refractivity contribution in [2.45, 2.75) is 33.2 Å². The zero-order valence-electron chi connectivity index (χ0n) is 19.7. The molecule has 1 aliphatic rings. The number of halogens is 1. The summed E-state index contributed by atoms with van der Waals surface area (Å²) in [6.45, 7) is 7.39. The molecule has 0 spiro atoms. The lowest BCUT2D eigenvalue weighted by Gasteiger charge is -2.37. The minimum absolute atomic E-state index is 0.0153. The van der Waals surface area contributed by atoms with Crippen molar-refractivity contribution in [3.8, 4) is 5.75 Å². The lowest BCUT2D eigenvalue weighted by molar-refractivity contribution is -0.135. The van der Waals surface area contributed by atoms with E-state index in [9.17, 15) is 9.59 Å². The Hall–Kier alpha value is -2.83. The third-order valence-electron chi connectivity index (χ3n) is 6.21. The molecule has 2 heterocycles. The van der Waals surface area contributed by atoms with Gasteiger partial charge in [-0.3, -0.25) is 9.59 Å². The number of benzene rings is 2. The van der Waals surface area contributed by atoms with Crippen LogP contribution in [0.25, 0.3) is 0 Å². The van der Waals surface area contributed by atoms with Gasteiger partial charge in [-0.1, -0.05) is 35.4 Å². The van der Waals surface area contributed by atoms with Crippen molar-refractivity contribution in [2.75, 3.05) is 26.2 Å². The molecule has 5 nitrogen and oxygen atoms in total. The summed E-state index contributed by atoms with van der Waals surface area (Å²) < 4.78 is 6.21. The second-order valence-electron chi connectivity index (χ2n) is 8.56. The molecule has 1 aromatic heterocycles. The first-order valence-corrected chi connectivity index (χ1v) is 12.7. The van der Waals surface area contributed by atoms with Crippen LogP contribution in [0.1, 0.15) is 44.9 Å². The fraction of sp³-hybridized carbons (Fsp3) is 0.333. The summed E-state index contributed by atoms with van der Waals surface area (Å²) >= 11 is 7.79. The molecule has 0 radical (unpaired) electrons. The molecule has 7 heteroatoms. The SMILES string of the molecule is CCN(CC(=O)N1CCc2sccc2[C@@H]1COc1ccc(C)cc1C)C(=O)c1cccc(Cl)c1. The highest BCUT2D eigenvalue weighted by Crippen LogP contribution is 2.34. The monoisotopic (exact) mass is 496 g/mol. The van der Waals surface area contributed by atoms with E-state index in [4.69, 9.17) is 16.3 Å². The molecule has 0 unspecified atom stereocenters. The van der Waals surface area contributed by atoms with Gasteiger partial charge in [-0.15, -0.1) is 11.3 Å². The van der Waals surface area contributed by atoms with Crippen LogP contribution in [0.5, 0.6) is 5.75 Å². The molecule has 0 aliphatic carbocycles. The van der Waals surface area contributed by atoms with E-state index in [1.54, 1.807) is 40.5 Å². The van der Waals surface area contributed by atoms with Gasteiger partial charge >= 0.3 is 0 Å². The van der Waals surface area contributed by atoms with E-state index in [1.165, 1.54) is 10.4 Å². The van der Waals surface area contributed by atoms with Crippen molar-refractivity contribution < 1.29 is 14.3 Å². The number of ether oxygens (including phenoxy) is 1. The molecule has 2 amide bonds. The van der Waals surface area contributed by atoms with E-state index in [-0.39, 0.29) is 24.4 Å². The van der Waals surface area contributed by atoms with Crippen LogP contribution < -0.4 is 4.74 Å². The van der Waals surface area contributed by atoms with Crippen LogP contribution in [0, 0.1) is 13.8 Å².